The number of rotatable bonds is 3. The van der Waals surface area contributed by atoms with Gasteiger partial charge in [-0.25, -0.2) is 4.39 Å². The van der Waals surface area contributed by atoms with Crippen LogP contribution in [0.5, 0.6) is 5.75 Å². The molecule has 0 radical (unpaired) electrons. The third-order valence-corrected chi connectivity index (χ3v) is 2.76. The predicted octanol–water partition coefficient (Wildman–Crippen LogP) is 1.62. The third kappa shape index (κ3) is 2.84. The lowest BCUT2D eigenvalue weighted by molar-refractivity contribution is 0.0319. The Morgan fingerprint density at radius 1 is 1.40 bits per heavy atom. The quantitative estimate of drug-likeness (QED) is 0.641. The fourth-order valence-electron chi connectivity index (χ4n) is 1.12. The molecular formula is C9H10BrFO3S. The Morgan fingerprint density at radius 3 is 2.53 bits per heavy atom. The molecule has 0 heterocycles. The van der Waals surface area contributed by atoms with Crippen LogP contribution in [-0.2, 0) is 0 Å². The van der Waals surface area contributed by atoms with Gasteiger partial charge < -0.3 is 15.3 Å². The van der Waals surface area contributed by atoms with Gasteiger partial charge in [0.2, 0.25) is 0 Å². The minimum Gasteiger partial charge on any atom is -0.505 e. The summed E-state index contributed by atoms with van der Waals surface area (Å²) in [4.78, 5) is 0. The summed E-state index contributed by atoms with van der Waals surface area (Å²) in [7, 11) is 0. The molecule has 0 amide bonds. The maximum Gasteiger partial charge on any atom is 0.166 e. The Balaban J connectivity index is 3.13. The van der Waals surface area contributed by atoms with Gasteiger partial charge in [0.1, 0.15) is 6.10 Å². The van der Waals surface area contributed by atoms with Crippen LogP contribution < -0.4 is 0 Å². The Labute approximate surface area is 100 Å². The van der Waals surface area contributed by atoms with E-state index in [2.05, 4.69) is 28.6 Å². The lowest BCUT2D eigenvalue weighted by Crippen LogP contribution is -2.20. The fourth-order valence-corrected chi connectivity index (χ4v) is 1.77. The summed E-state index contributed by atoms with van der Waals surface area (Å²) in [6, 6.07) is 2.41. The van der Waals surface area contributed by atoms with Crippen LogP contribution in [0.3, 0.4) is 0 Å². The van der Waals surface area contributed by atoms with Crippen molar-refractivity contribution in [3.8, 4) is 5.75 Å². The SMILES string of the molecule is Oc1c(F)cc(Br)cc1C(O)C(O)CS. The van der Waals surface area contributed by atoms with Crippen LogP contribution in [-0.4, -0.2) is 27.2 Å². The Hall–Kier alpha value is -0.300. The molecule has 2 unspecified atom stereocenters. The van der Waals surface area contributed by atoms with Gasteiger partial charge in [0.25, 0.3) is 0 Å². The molecule has 0 aliphatic rings. The zero-order valence-electron chi connectivity index (χ0n) is 7.56. The van der Waals surface area contributed by atoms with Gasteiger partial charge in [0.05, 0.1) is 6.10 Å². The summed E-state index contributed by atoms with van der Waals surface area (Å²) >= 11 is 6.82. The highest BCUT2D eigenvalue weighted by Gasteiger charge is 2.22. The Kier molecular flexibility index (Phi) is 4.39. The van der Waals surface area contributed by atoms with Gasteiger partial charge in [-0.15, -0.1) is 0 Å². The monoisotopic (exact) mass is 296 g/mol. The molecule has 0 bridgehead atoms. The zero-order chi connectivity index (χ0) is 11.6. The number of hydrogen-bond donors (Lipinski definition) is 4. The summed E-state index contributed by atoms with van der Waals surface area (Å²) < 4.78 is 13.4. The lowest BCUT2D eigenvalue weighted by Gasteiger charge is -2.17. The number of phenols is 1. The molecule has 0 spiro atoms. The zero-order valence-corrected chi connectivity index (χ0v) is 10.0. The van der Waals surface area contributed by atoms with E-state index in [0.29, 0.717) is 4.47 Å². The van der Waals surface area contributed by atoms with E-state index in [1.54, 1.807) is 0 Å². The second kappa shape index (κ2) is 5.16. The largest absolute Gasteiger partial charge is 0.505 e. The molecule has 3 nitrogen and oxygen atoms in total. The summed E-state index contributed by atoms with van der Waals surface area (Å²) in [5.41, 5.74) is -0.0663. The van der Waals surface area contributed by atoms with Crippen molar-refractivity contribution in [3.63, 3.8) is 0 Å². The van der Waals surface area contributed by atoms with Gasteiger partial charge in [0.15, 0.2) is 11.6 Å². The van der Waals surface area contributed by atoms with E-state index in [4.69, 9.17) is 0 Å². The highest BCUT2D eigenvalue weighted by atomic mass is 79.9. The van der Waals surface area contributed by atoms with Crippen LogP contribution in [0.15, 0.2) is 16.6 Å². The molecule has 0 saturated heterocycles. The van der Waals surface area contributed by atoms with E-state index in [1.807, 2.05) is 0 Å². The molecule has 1 rings (SSSR count). The number of phenolic OH excluding ortho intramolecular Hbond substituents is 1. The van der Waals surface area contributed by atoms with Gasteiger partial charge in [-0.3, -0.25) is 0 Å². The van der Waals surface area contributed by atoms with Crippen LogP contribution in [0.2, 0.25) is 0 Å². The van der Waals surface area contributed by atoms with Crippen molar-refractivity contribution in [2.75, 3.05) is 5.75 Å². The van der Waals surface area contributed by atoms with Crippen LogP contribution in [0, 0.1) is 5.82 Å². The molecule has 1 aromatic rings. The van der Waals surface area contributed by atoms with E-state index >= 15 is 0 Å². The van der Waals surface area contributed by atoms with Crippen molar-refractivity contribution in [1.29, 1.82) is 0 Å². The first-order chi connectivity index (χ1) is 6.97. The minimum atomic E-state index is -1.37. The minimum absolute atomic E-state index is 0.00867. The summed E-state index contributed by atoms with van der Waals surface area (Å²) in [5.74, 6) is -1.51. The maximum absolute atomic E-state index is 13.1. The van der Waals surface area contributed by atoms with Crippen molar-refractivity contribution in [2.24, 2.45) is 0 Å². The first-order valence-corrected chi connectivity index (χ1v) is 5.54. The maximum atomic E-state index is 13.1. The number of hydrogen-bond acceptors (Lipinski definition) is 4. The molecule has 2 atom stereocenters. The standard InChI is InChI=1S/C9H10BrFO3S/c10-4-1-5(8(13)6(11)2-4)9(14)7(12)3-15/h1-2,7,9,12-15H,3H2. The Bertz CT molecular complexity index is 361. The average molecular weight is 297 g/mol. The number of benzene rings is 1. The first kappa shape index (κ1) is 12.8. The number of aromatic hydroxyl groups is 1. The number of halogens is 2. The fraction of sp³-hybridized carbons (Fsp3) is 0.333. The van der Waals surface area contributed by atoms with Gasteiger partial charge in [0, 0.05) is 15.8 Å². The van der Waals surface area contributed by atoms with Crippen LogP contribution in [0.1, 0.15) is 11.7 Å². The molecule has 6 heteroatoms. The molecule has 0 aliphatic carbocycles. The first-order valence-electron chi connectivity index (χ1n) is 4.12. The van der Waals surface area contributed by atoms with Gasteiger partial charge in [-0.1, -0.05) is 15.9 Å². The lowest BCUT2D eigenvalue weighted by atomic mass is 10.0. The van der Waals surface area contributed by atoms with Crippen molar-refractivity contribution in [3.05, 3.63) is 28.0 Å². The molecule has 0 aromatic heterocycles. The molecular weight excluding hydrogens is 287 g/mol. The van der Waals surface area contributed by atoms with E-state index in [-0.39, 0.29) is 11.3 Å². The molecule has 0 aliphatic heterocycles. The number of thiol groups is 1. The van der Waals surface area contributed by atoms with Crippen molar-refractivity contribution in [2.45, 2.75) is 12.2 Å². The van der Waals surface area contributed by atoms with E-state index in [1.165, 1.54) is 6.07 Å². The highest BCUT2D eigenvalue weighted by molar-refractivity contribution is 9.10. The molecule has 1 aromatic carbocycles. The van der Waals surface area contributed by atoms with E-state index in [9.17, 15) is 19.7 Å². The van der Waals surface area contributed by atoms with Crippen LogP contribution in [0.4, 0.5) is 4.39 Å². The molecule has 0 saturated carbocycles. The average Bonchev–Trinajstić information content (AvgIpc) is 2.21. The number of aliphatic hydroxyl groups is 2. The second-order valence-corrected chi connectivity index (χ2v) is 4.30. The van der Waals surface area contributed by atoms with Crippen molar-refractivity contribution >= 4 is 28.6 Å². The molecule has 0 fully saturated rings. The van der Waals surface area contributed by atoms with E-state index < -0.39 is 23.8 Å². The van der Waals surface area contributed by atoms with Crippen molar-refractivity contribution in [1.82, 2.24) is 0 Å². The van der Waals surface area contributed by atoms with Gasteiger partial charge >= 0.3 is 0 Å². The second-order valence-electron chi connectivity index (χ2n) is 3.02. The molecule has 84 valence electrons. The highest BCUT2D eigenvalue weighted by Crippen LogP contribution is 2.32. The number of aliphatic hydroxyl groups excluding tert-OH is 2. The van der Waals surface area contributed by atoms with Gasteiger partial charge in [-0.2, -0.15) is 12.6 Å². The smallest absolute Gasteiger partial charge is 0.166 e. The molecule has 3 N–H and O–H groups in total. The normalized spacial score (nSPS) is 15.0. The third-order valence-electron chi connectivity index (χ3n) is 1.93. The van der Waals surface area contributed by atoms with Crippen molar-refractivity contribution < 1.29 is 19.7 Å². The van der Waals surface area contributed by atoms with E-state index in [0.717, 1.165) is 6.07 Å². The summed E-state index contributed by atoms with van der Waals surface area (Å²) in [6.45, 7) is 0. The summed E-state index contributed by atoms with van der Waals surface area (Å²) in [5, 5.41) is 28.2. The summed E-state index contributed by atoms with van der Waals surface area (Å²) in [6.07, 6.45) is -2.53. The molecule has 15 heavy (non-hydrogen) atoms. The van der Waals surface area contributed by atoms with Gasteiger partial charge in [-0.05, 0) is 12.1 Å². The van der Waals surface area contributed by atoms with Crippen LogP contribution in [0.25, 0.3) is 0 Å². The topological polar surface area (TPSA) is 60.7 Å². The predicted molar refractivity (Wildman–Crippen MR) is 60.6 cm³/mol. The van der Waals surface area contributed by atoms with Crippen LogP contribution >= 0.6 is 28.6 Å². The Morgan fingerprint density at radius 2 is 2.00 bits per heavy atom.